The molecule has 4 aromatic carbocycles. The van der Waals surface area contributed by atoms with Gasteiger partial charge in [-0.25, -0.2) is 8.60 Å². The van der Waals surface area contributed by atoms with E-state index in [1.54, 1.807) is 72.8 Å². The van der Waals surface area contributed by atoms with E-state index in [1.807, 2.05) is 12.1 Å². The molecule has 0 unspecified atom stereocenters. The molecule has 1 aliphatic rings. The normalized spacial score (nSPS) is 14.5. The van der Waals surface area contributed by atoms with Crippen LogP contribution in [-0.4, -0.2) is 22.6 Å². The van der Waals surface area contributed by atoms with Crippen molar-refractivity contribution >= 4 is 39.9 Å². The number of nitrogens with one attached hydrogen (secondary N) is 1. The molecule has 1 aliphatic heterocycles. The molecular formula is C29H22ClFN2O3S. The Kier molecular flexibility index (Phi) is 7.17. The molecule has 37 heavy (non-hydrogen) atoms. The number of amides is 2. The Morgan fingerprint density at radius 1 is 0.919 bits per heavy atom. The third-order valence-electron chi connectivity index (χ3n) is 6.17. The maximum Gasteiger partial charge on any atom is 0.259 e. The van der Waals surface area contributed by atoms with Gasteiger partial charge in [-0.2, -0.15) is 0 Å². The van der Waals surface area contributed by atoms with Crippen LogP contribution in [0.15, 0.2) is 101 Å². The van der Waals surface area contributed by atoms with E-state index in [9.17, 15) is 18.2 Å². The number of rotatable bonds is 6. The van der Waals surface area contributed by atoms with Crippen molar-refractivity contribution in [2.75, 3.05) is 11.4 Å². The largest absolute Gasteiger partial charge is 0.352 e. The number of hydrogen-bond donors (Lipinski definition) is 1. The van der Waals surface area contributed by atoms with Gasteiger partial charge >= 0.3 is 0 Å². The monoisotopic (exact) mass is 532 g/mol. The van der Waals surface area contributed by atoms with Crippen LogP contribution in [0.1, 0.15) is 31.8 Å². The van der Waals surface area contributed by atoms with Gasteiger partial charge in [0, 0.05) is 22.7 Å². The number of carbonyl (C=O) groups excluding carboxylic acids is 2. The van der Waals surface area contributed by atoms with Crippen LogP contribution in [0, 0.1) is 5.82 Å². The molecule has 0 fully saturated rings. The van der Waals surface area contributed by atoms with E-state index >= 15 is 0 Å². The van der Waals surface area contributed by atoms with Gasteiger partial charge in [0.15, 0.2) is 0 Å². The number of fused-ring (bicyclic) bond motifs is 2. The molecule has 186 valence electrons. The van der Waals surface area contributed by atoms with Gasteiger partial charge in [0.25, 0.3) is 11.8 Å². The lowest BCUT2D eigenvalue weighted by Gasteiger charge is -2.24. The summed E-state index contributed by atoms with van der Waals surface area (Å²) in [6, 6.07) is 25.0. The second-order valence-electron chi connectivity index (χ2n) is 8.56. The SMILES string of the molecule is O=C(NCCc1ccc(Cl)cc1)c1ccc2c(c1)N(Cc1ccccc1F)C(=O)c1ccccc1[S@]2=O. The zero-order chi connectivity index (χ0) is 25.9. The van der Waals surface area contributed by atoms with Crippen molar-refractivity contribution in [2.45, 2.75) is 22.8 Å². The van der Waals surface area contributed by atoms with Crippen LogP contribution in [0.5, 0.6) is 0 Å². The molecule has 8 heteroatoms. The summed E-state index contributed by atoms with van der Waals surface area (Å²) in [5, 5.41) is 3.53. The smallest absolute Gasteiger partial charge is 0.259 e. The minimum absolute atomic E-state index is 0.0777. The minimum atomic E-state index is -1.66. The van der Waals surface area contributed by atoms with Gasteiger partial charge in [-0.05, 0) is 60.5 Å². The van der Waals surface area contributed by atoms with E-state index in [0.29, 0.717) is 44.6 Å². The van der Waals surface area contributed by atoms with Crippen molar-refractivity contribution in [2.24, 2.45) is 0 Å². The molecular weight excluding hydrogens is 511 g/mol. The Hall–Kier alpha value is -3.81. The molecule has 0 spiro atoms. The number of carbonyl (C=O) groups is 2. The first kappa shape index (κ1) is 24.9. The fourth-order valence-electron chi connectivity index (χ4n) is 4.23. The molecule has 4 aromatic rings. The van der Waals surface area contributed by atoms with Crippen LogP contribution in [0.4, 0.5) is 10.1 Å². The Morgan fingerprint density at radius 2 is 1.65 bits per heavy atom. The molecule has 0 bridgehead atoms. The van der Waals surface area contributed by atoms with Gasteiger partial charge in [0.2, 0.25) is 0 Å². The highest BCUT2D eigenvalue weighted by molar-refractivity contribution is 7.85. The number of nitrogens with zero attached hydrogens (tertiary/aromatic N) is 1. The van der Waals surface area contributed by atoms with Gasteiger partial charge in [-0.3, -0.25) is 9.59 Å². The topological polar surface area (TPSA) is 66.5 Å². The molecule has 0 radical (unpaired) electrons. The second kappa shape index (κ2) is 10.7. The Labute approximate surface area is 221 Å². The van der Waals surface area contributed by atoms with Gasteiger partial charge in [0.05, 0.1) is 38.4 Å². The first-order valence-electron chi connectivity index (χ1n) is 11.6. The third kappa shape index (κ3) is 5.19. The summed E-state index contributed by atoms with van der Waals surface area (Å²) >= 11 is 5.93. The molecule has 1 N–H and O–H groups in total. The zero-order valence-electron chi connectivity index (χ0n) is 19.6. The number of benzene rings is 4. The summed E-state index contributed by atoms with van der Waals surface area (Å²) in [5.41, 5.74) is 2.24. The summed E-state index contributed by atoms with van der Waals surface area (Å²) in [6.07, 6.45) is 0.616. The minimum Gasteiger partial charge on any atom is -0.352 e. The maximum absolute atomic E-state index is 14.6. The molecule has 0 saturated heterocycles. The molecule has 0 aromatic heterocycles. The maximum atomic E-state index is 14.6. The lowest BCUT2D eigenvalue weighted by Crippen LogP contribution is -2.31. The standard InChI is InChI=1S/C29H22ClFN2O3S/c30-22-12-9-19(10-13-22)15-16-32-28(34)20-11-14-27-25(17-20)33(18-21-5-1-3-7-24(21)31)29(35)23-6-2-4-8-26(23)37(27)36/h1-14,17H,15-16,18H2,(H,32,34)/t37-/m1/s1. The van der Waals surface area contributed by atoms with Crippen LogP contribution >= 0.6 is 11.6 Å². The van der Waals surface area contributed by atoms with Crippen molar-refractivity contribution in [1.82, 2.24) is 5.32 Å². The van der Waals surface area contributed by atoms with E-state index in [0.717, 1.165) is 5.56 Å². The zero-order valence-corrected chi connectivity index (χ0v) is 21.2. The quantitative estimate of drug-likeness (QED) is 0.342. The average molecular weight is 533 g/mol. The van der Waals surface area contributed by atoms with Crippen molar-refractivity contribution in [3.63, 3.8) is 0 Å². The first-order chi connectivity index (χ1) is 17.9. The molecule has 1 heterocycles. The lowest BCUT2D eigenvalue weighted by molar-refractivity contribution is 0.0950. The average Bonchev–Trinajstić information content (AvgIpc) is 3.00. The molecule has 0 saturated carbocycles. The van der Waals surface area contributed by atoms with E-state index in [2.05, 4.69) is 5.32 Å². The third-order valence-corrected chi connectivity index (χ3v) is 7.92. The summed E-state index contributed by atoms with van der Waals surface area (Å²) in [4.78, 5) is 28.8. The molecule has 0 aliphatic carbocycles. The highest BCUT2D eigenvalue weighted by Crippen LogP contribution is 2.36. The first-order valence-corrected chi connectivity index (χ1v) is 13.2. The van der Waals surface area contributed by atoms with Gasteiger partial charge in [-0.15, -0.1) is 0 Å². The van der Waals surface area contributed by atoms with Crippen LogP contribution in [0.2, 0.25) is 5.02 Å². The Bertz CT molecular complexity index is 1520. The number of halogens is 2. The van der Waals surface area contributed by atoms with Crippen molar-refractivity contribution in [3.8, 4) is 0 Å². The van der Waals surface area contributed by atoms with Gasteiger partial charge in [0.1, 0.15) is 5.82 Å². The fourth-order valence-corrected chi connectivity index (χ4v) is 5.70. The number of anilines is 1. The van der Waals surface area contributed by atoms with Crippen molar-refractivity contribution < 1.29 is 18.2 Å². The van der Waals surface area contributed by atoms with Crippen LogP contribution in [0.3, 0.4) is 0 Å². The van der Waals surface area contributed by atoms with E-state index in [-0.39, 0.29) is 18.0 Å². The predicted octanol–water partition coefficient (Wildman–Crippen LogP) is 5.78. The molecule has 2 amide bonds. The summed E-state index contributed by atoms with van der Waals surface area (Å²) in [6.45, 7) is 0.318. The highest BCUT2D eigenvalue weighted by atomic mass is 35.5. The van der Waals surface area contributed by atoms with E-state index in [1.165, 1.54) is 11.0 Å². The van der Waals surface area contributed by atoms with E-state index < -0.39 is 22.5 Å². The Balaban J connectivity index is 1.47. The van der Waals surface area contributed by atoms with Crippen LogP contribution < -0.4 is 10.2 Å². The molecule has 5 rings (SSSR count). The van der Waals surface area contributed by atoms with Crippen molar-refractivity contribution in [3.05, 3.63) is 124 Å². The summed E-state index contributed by atoms with van der Waals surface area (Å²) in [7, 11) is -1.66. The van der Waals surface area contributed by atoms with Crippen LogP contribution in [-0.2, 0) is 23.8 Å². The van der Waals surface area contributed by atoms with Gasteiger partial charge in [-0.1, -0.05) is 54.1 Å². The van der Waals surface area contributed by atoms with Crippen molar-refractivity contribution in [1.29, 1.82) is 0 Å². The number of hydrogen-bond acceptors (Lipinski definition) is 3. The predicted molar refractivity (Wildman–Crippen MR) is 142 cm³/mol. The van der Waals surface area contributed by atoms with Crippen LogP contribution in [0.25, 0.3) is 0 Å². The van der Waals surface area contributed by atoms with E-state index in [4.69, 9.17) is 11.6 Å². The fraction of sp³-hybridized carbons (Fsp3) is 0.103. The summed E-state index contributed by atoms with van der Waals surface area (Å²) in [5.74, 6) is -1.19. The van der Waals surface area contributed by atoms with Gasteiger partial charge < -0.3 is 10.2 Å². The Morgan fingerprint density at radius 3 is 2.43 bits per heavy atom. The summed E-state index contributed by atoms with van der Waals surface area (Å²) < 4.78 is 28.1. The highest BCUT2D eigenvalue weighted by Gasteiger charge is 2.32. The lowest BCUT2D eigenvalue weighted by atomic mass is 10.1. The molecule has 5 nitrogen and oxygen atoms in total. The second-order valence-corrected chi connectivity index (χ2v) is 10.4. The molecule has 1 atom stereocenters.